The highest BCUT2D eigenvalue weighted by Crippen LogP contribution is 2.31. The molecule has 5 nitrogen and oxygen atoms in total. The molecule has 2 N–H and O–H groups in total. The summed E-state index contributed by atoms with van der Waals surface area (Å²) in [5.74, 6) is -0.129. The van der Waals surface area contributed by atoms with E-state index in [1.54, 1.807) is 0 Å². The molecule has 1 rings (SSSR count). The average molecular weight is 274 g/mol. The minimum absolute atomic E-state index is 0.0366. The number of hydrogen-bond acceptors (Lipinski definition) is 3. The van der Waals surface area contributed by atoms with Crippen LogP contribution in [-0.4, -0.2) is 45.2 Å². The second-order valence-electron chi connectivity index (χ2n) is 4.94. The molecule has 0 radical (unpaired) electrons. The third-order valence-corrected chi connectivity index (χ3v) is 4.77. The third kappa shape index (κ3) is 3.31. The number of aliphatic carboxylic acids is 1. The zero-order valence-electron chi connectivity index (χ0n) is 11.3. The molecule has 2 amide bonds. The van der Waals surface area contributed by atoms with Crippen LogP contribution in [0.2, 0.25) is 0 Å². The van der Waals surface area contributed by atoms with Crippen LogP contribution in [-0.2, 0) is 4.79 Å². The van der Waals surface area contributed by atoms with Crippen LogP contribution in [0.1, 0.15) is 34.1 Å². The number of hydrogen-bond donors (Lipinski definition) is 2. The van der Waals surface area contributed by atoms with Crippen LogP contribution in [0.3, 0.4) is 0 Å². The summed E-state index contributed by atoms with van der Waals surface area (Å²) in [7, 11) is 0. The number of carboxylic acid groups (broad SMARTS) is 1. The second kappa shape index (κ2) is 6.31. The first kappa shape index (κ1) is 15.1. The van der Waals surface area contributed by atoms with E-state index >= 15 is 0 Å². The van der Waals surface area contributed by atoms with Crippen molar-refractivity contribution in [2.45, 2.75) is 51.6 Å². The molecule has 1 aliphatic heterocycles. The van der Waals surface area contributed by atoms with Gasteiger partial charge >= 0.3 is 12.0 Å². The van der Waals surface area contributed by atoms with Gasteiger partial charge in [0.05, 0.1) is 5.37 Å². The van der Waals surface area contributed by atoms with Crippen molar-refractivity contribution in [1.82, 2.24) is 10.2 Å². The van der Waals surface area contributed by atoms with Gasteiger partial charge < -0.3 is 10.4 Å². The molecule has 0 aromatic carbocycles. The number of amides is 2. The van der Waals surface area contributed by atoms with Crippen molar-refractivity contribution < 1.29 is 14.7 Å². The molecular weight excluding hydrogens is 252 g/mol. The predicted molar refractivity (Wildman–Crippen MR) is 72.6 cm³/mol. The summed E-state index contributed by atoms with van der Waals surface area (Å²) in [5.41, 5.74) is 0. The summed E-state index contributed by atoms with van der Waals surface area (Å²) in [6, 6.07) is -0.935. The molecular formula is C12H22N2O3S. The molecule has 3 atom stereocenters. The molecule has 0 aromatic heterocycles. The van der Waals surface area contributed by atoms with Gasteiger partial charge in [-0.1, -0.05) is 20.8 Å². The van der Waals surface area contributed by atoms with Crippen molar-refractivity contribution in [1.29, 1.82) is 0 Å². The first-order chi connectivity index (χ1) is 8.38. The fraction of sp³-hybridized carbons (Fsp3) is 0.833. The zero-order valence-corrected chi connectivity index (χ0v) is 12.2. The molecule has 0 spiro atoms. The Hall–Kier alpha value is -0.910. The molecule has 1 fully saturated rings. The van der Waals surface area contributed by atoms with E-state index in [1.807, 2.05) is 27.7 Å². The lowest BCUT2D eigenvalue weighted by Gasteiger charge is -2.29. The van der Waals surface area contributed by atoms with Gasteiger partial charge in [-0.3, -0.25) is 4.90 Å². The van der Waals surface area contributed by atoms with Gasteiger partial charge in [-0.05, 0) is 19.3 Å². The summed E-state index contributed by atoms with van der Waals surface area (Å²) in [6.45, 7) is 7.95. The van der Waals surface area contributed by atoms with Gasteiger partial charge in [0.2, 0.25) is 0 Å². The fourth-order valence-corrected chi connectivity index (χ4v) is 3.12. The number of rotatable bonds is 4. The standard InChI is InChI=1S/C12H22N2O3S/c1-5-10-14(9(6-18-10)11(15)16)12(17)13-8(4)7(2)3/h7-10H,5-6H2,1-4H3,(H,13,17)(H,15,16). The number of nitrogens with one attached hydrogen (secondary N) is 1. The Bertz CT molecular complexity index is 322. The van der Waals surface area contributed by atoms with Crippen LogP contribution in [0.25, 0.3) is 0 Å². The molecule has 18 heavy (non-hydrogen) atoms. The van der Waals surface area contributed by atoms with Crippen LogP contribution in [0.5, 0.6) is 0 Å². The first-order valence-electron chi connectivity index (χ1n) is 6.31. The second-order valence-corrected chi connectivity index (χ2v) is 6.15. The van der Waals surface area contributed by atoms with E-state index in [2.05, 4.69) is 5.32 Å². The summed E-state index contributed by atoms with van der Waals surface area (Å²) in [4.78, 5) is 24.8. The fourth-order valence-electron chi connectivity index (χ4n) is 1.78. The highest BCUT2D eigenvalue weighted by Gasteiger charge is 2.41. The van der Waals surface area contributed by atoms with Gasteiger partial charge in [0.25, 0.3) is 0 Å². The van der Waals surface area contributed by atoms with Crippen molar-refractivity contribution in [3.05, 3.63) is 0 Å². The van der Waals surface area contributed by atoms with E-state index in [0.29, 0.717) is 11.7 Å². The summed E-state index contributed by atoms with van der Waals surface area (Å²) >= 11 is 1.53. The predicted octanol–water partition coefficient (Wildman–Crippen LogP) is 1.98. The molecule has 0 saturated carbocycles. The quantitative estimate of drug-likeness (QED) is 0.822. The van der Waals surface area contributed by atoms with E-state index in [4.69, 9.17) is 5.11 Å². The normalized spacial score (nSPS) is 25.3. The van der Waals surface area contributed by atoms with Gasteiger partial charge in [0.1, 0.15) is 6.04 Å². The van der Waals surface area contributed by atoms with E-state index in [0.717, 1.165) is 6.42 Å². The largest absolute Gasteiger partial charge is 0.480 e. The number of urea groups is 1. The molecule has 6 heteroatoms. The Morgan fingerprint density at radius 2 is 2.06 bits per heavy atom. The highest BCUT2D eigenvalue weighted by molar-refractivity contribution is 8.00. The maximum atomic E-state index is 12.2. The molecule has 0 bridgehead atoms. The molecule has 0 aliphatic carbocycles. The lowest BCUT2D eigenvalue weighted by molar-refractivity contribution is -0.141. The molecule has 3 unspecified atom stereocenters. The van der Waals surface area contributed by atoms with E-state index < -0.39 is 12.0 Å². The topological polar surface area (TPSA) is 69.6 Å². The lowest BCUT2D eigenvalue weighted by Crippen LogP contribution is -2.52. The first-order valence-corrected chi connectivity index (χ1v) is 7.36. The van der Waals surface area contributed by atoms with Crippen molar-refractivity contribution >= 4 is 23.8 Å². The van der Waals surface area contributed by atoms with Crippen LogP contribution < -0.4 is 5.32 Å². The van der Waals surface area contributed by atoms with Crippen molar-refractivity contribution in [3.8, 4) is 0 Å². The number of thioether (sulfide) groups is 1. The van der Waals surface area contributed by atoms with Crippen molar-refractivity contribution in [2.24, 2.45) is 5.92 Å². The van der Waals surface area contributed by atoms with Crippen LogP contribution >= 0.6 is 11.8 Å². The van der Waals surface area contributed by atoms with Crippen LogP contribution in [0.15, 0.2) is 0 Å². The molecule has 1 heterocycles. The van der Waals surface area contributed by atoms with E-state index in [9.17, 15) is 9.59 Å². The summed E-state index contributed by atoms with van der Waals surface area (Å²) in [6.07, 6.45) is 0.762. The zero-order chi connectivity index (χ0) is 13.9. The van der Waals surface area contributed by atoms with E-state index in [1.165, 1.54) is 16.7 Å². The SMILES string of the molecule is CCC1SCC(C(=O)O)N1C(=O)NC(C)C(C)C. The molecule has 0 aromatic rings. The Balaban J connectivity index is 2.75. The van der Waals surface area contributed by atoms with Crippen LogP contribution in [0.4, 0.5) is 4.79 Å². The number of carbonyl (C=O) groups excluding carboxylic acids is 1. The van der Waals surface area contributed by atoms with E-state index in [-0.39, 0.29) is 17.4 Å². The number of nitrogens with zero attached hydrogens (tertiary/aromatic N) is 1. The van der Waals surface area contributed by atoms with Crippen molar-refractivity contribution in [2.75, 3.05) is 5.75 Å². The van der Waals surface area contributed by atoms with Crippen molar-refractivity contribution in [3.63, 3.8) is 0 Å². The Kier molecular flexibility index (Phi) is 5.31. The van der Waals surface area contributed by atoms with Gasteiger partial charge in [0.15, 0.2) is 0 Å². The van der Waals surface area contributed by atoms with Gasteiger partial charge in [-0.15, -0.1) is 11.8 Å². The summed E-state index contributed by atoms with van der Waals surface area (Å²) < 4.78 is 0. The minimum atomic E-state index is -0.925. The Labute approximate surface area is 112 Å². The smallest absolute Gasteiger partial charge is 0.327 e. The Morgan fingerprint density at radius 3 is 2.50 bits per heavy atom. The van der Waals surface area contributed by atoms with Gasteiger partial charge in [-0.25, -0.2) is 9.59 Å². The monoisotopic (exact) mass is 274 g/mol. The van der Waals surface area contributed by atoms with Crippen LogP contribution in [0, 0.1) is 5.92 Å². The molecule has 1 aliphatic rings. The lowest BCUT2D eigenvalue weighted by atomic mass is 10.1. The van der Waals surface area contributed by atoms with Gasteiger partial charge in [-0.2, -0.15) is 0 Å². The number of carboxylic acids is 1. The maximum absolute atomic E-state index is 12.2. The third-order valence-electron chi connectivity index (χ3n) is 3.31. The minimum Gasteiger partial charge on any atom is -0.480 e. The Morgan fingerprint density at radius 1 is 1.44 bits per heavy atom. The maximum Gasteiger partial charge on any atom is 0.327 e. The van der Waals surface area contributed by atoms with Gasteiger partial charge in [0, 0.05) is 11.8 Å². The average Bonchev–Trinajstić information content (AvgIpc) is 2.72. The number of carbonyl (C=O) groups is 2. The molecule has 1 saturated heterocycles. The molecule has 104 valence electrons. The summed E-state index contributed by atoms with van der Waals surface area (Å²) in [5, 5.41) is 12.0. The highest BCUT2D eigenvalue weighted by atomic mass is 32.2.